The number of pyridine rings is 1. The smallest absolute Gasteiger partial charge is 0.165 e. The highest BCUT2D eigenvalue weighted by Gasteiger charge is 2.33. The Morgan fingerprint density at radius 3 is 2.61 bits per heavy atom. The number of anilines is 1. The fraction of sp³-hybridized carbons (Fsp3) is 0.500. The van der Waals surface area contributed by atoms with E-state index in [-0.39, 0.29) is 37.0 Å². The molecule has 0 aliphatic carbocycles. The fourth-order valence-corrected chi connectivity index (χ4v) is 4.47. The number of benzene rings is 1. The van der Waals surface area contributed by atoms with Crippen LogP contribution in [0, 0.1) is 0 Å². The number of hydrogen-bond donors (Lipinski definition) is 1. The molecule has 3 heterocycles. The maximum Gasteiger partial charge on any atom is 0.165 e. The van der Waals surface area contributed by atoms with Gasteiger partial charge in [-0.2, -0.15) is 0 Å². The van der Waals surface area contributed by atoms with Gasteiger partial charge in [-0.1, -0.05) is 22.0 Å². The fourth-order valence-electron chi connectivity index (χ4n) is 3.99. The summed E-state index contributed by atoms with van der Waals surface area (Å²) in [6, 6.07) is 9.98. The lowest BCUT2D eigenvalue weighted by Crippen LogP contribution is -2.49. The van der Waals surface area contributed by atoms with E-state index in [1.165, 1.54) is 0 Å². The molecule has 0 bridgehead atoms. The number of nitrogens with zero attached hydrogens (tertiary/aromatic N) is 3. The third-order valence-electron chi connectivity index (χ3n) is 5.34. The Balaban J connectivity index is 0.00000171. The van der Waals surface area contributed by atoms with Gasteiger partial charge in [-0.15, -0.1) is 24.8 Å². The lowest BCUT2D eigenvalue weighted by Gasteiger charge is -2.36. The summed E-state index contributed by atoms with van der Waals surface area (Å²) in [7, 11) is 0. The van der Waals surface area contributed by atoms with Gasteiger partial charge in [0.05, 0.1) is 0 Å². The summed E-state index contributed by atoms with van der Waals surface area (Å²) in [4.78, 5) is 8.98. The van der Waals surface area contributed by atoms with E-state index in [1.54, 1.807) is 0 Å². The van der Waals surface area contributed by atoms with Crippen molar-refractivity contribution in [2.24, 2.45) is 0 Å². The zero-order valence-corrected chi connectivity index (χ0v) is 21.0. The quantitative estimate of drug-likeness (QED) is 0.605. The van der Waals surface area contributed by atoms with E-state index >= 15 is 0 Å². The van der Waals surface area contributed by atoms with Gasteiger partial charge in [-0.25, -0.2) is 4.98 Å². The van der Waals surface area contributed by atoms with Crippen molar-refractivity contribution >= 4 is 46.6 Å². The minimum absolute atomic E-state index is 0. The summed E-state index contributed by atoms with van der Waals surface area (Å²) in [5, 5.41) is 10.5. The molecule has 9 heteroatoms. The van der Waals surface area contributed by atoms with Crippen LogP contribution in [0.1, 0.15) is 19.4 Å². The van der Waals surface area contributed by atoms with E-state index in [1.807, 2.05) is 30.5 Å². The largest absolute Gasteiger partial charge is 0.487 e. The molecule has 0 radical (unpaired) electrons. The summed E-state index contributed by atoms with van der Waals surface area (Å²) in [5.41, 5.74) is 0.909. The number of rotatable bonds is 6. The van der Waals surface area contributed by atoms with Crippen LogP contribution in [0.5, 0.6) is 11.5 Å². The highest BCUT2D eigenvalue weighted by molar-refractivity contribution is 9.10. The summed E-state index contributed by atoms with van der Waals surface area (Å²) in [5.74, 6) is 2.51. The number of aromatic nitrogens is 1. The number of aliphatic hydroxyl groups is 1. The van der Waals surface area contributed by atoms with Crippen LogP contribution in [0.4, 0.5) is 5.82 Å². The van der Waals surface area contributed by atoms with Gasteiger partial charge in [0.2, 0.25) is 0 Å². The number of β-amino-alcohol motifs (C(OH)–C–C–N with tert-alkyl or cyclic N) is 1. The van der Waals surface area contributed by atoms with Gasteiger partial charge in [-0.3, -0.25) is 4.90 Å². The van der Waals surface area contributed by atoms with E-state index in [0.29, 0.717) is 12.3 Å². The topological polar surface area (TPSA) is 58.1 Å². The lowest BCUT2D eigenvalue weighted by atomic mass is 10.0. The molecule has 2 aliphatic heterocycles. The molecule has 2 aliphatic rings. The summed E-state index contributed by atoms with van der Waals surface area (Å²) in [6.45, 7) is 8.60. The molecule has 1 saturated heterocycles. The Hall–Kier alpha value is -1.25. The molecule has 2 aromatic rings. The van der Waals surface area contributed by atoms with Crippen molar-refractivity contribution in [1.82, 2.24) is 9.88 Å². The SMILES string of the molecule is CC1(C)Cc2cc(Br)cc(OCC(O)CN3CCN(c4ccccn4)CC3)c2O1.Cl.Cl. The molecule has 31 heavy (non-hydrogen) atoms. The second-order valence-corrected chi connectivity index (χ2v) is 9.29. The van der Waals surface area contributed by atoms with Crippen molar-refractivity contribution in [2.75, 3.05) is 44.2 Å². The summed E-state index contributed by atoms with van der Waals surface area (Å²) < 4.78 is 13.0. The predicted molar refractivity (Wildman–Crippen MR) is 131 cm³/mol. The van der Waals surface area contributed by atoms with Crippen LogP contribution in [0.25, 0.3) is 0 Å². The first kappa shape index (κ1) is 26.0. The lowest BCUT2D eigenvalue weighted by molar-refractivity contribution is 0.0631. The molecule has 4 rings (SSSR count). The van der Waals surface area contributed by atoms with E-state index < -0.39 is 6.10 Å². The number of aliphatic hydroxyl groups excluding tert-OH is 1. The molecular weight excluding hydrogens is 505 g/mol. The van der Waals surface area contributed by atoms with Gasteiger partial charge >= 0.3 is 0 Å². The average Bonchev–Trinajstić information content (AvgIpc) is 3.01. The minimum Gasteiger partial charge on any atom is -0.487 e. The maximum absolute atomic E-state index is 10.5. The molecule has 0 amide bonds. The number of hydrogen-bond acceptors (Lipinski definition) is 6. The van der Waals surface area contributed by atoms with Crippen LogP contribution in [0.15, 0.2) is 41.0 Å². The first-order valence-corrected chi connectivity index (χ1v) is 10.9. The van der Waals surface area contributed by atoms with Gasteiger partial charge in [0.1, 0.15) is 24.1 Å². The van der Waals surface area contributed by atoms with Gasteiger partial charge in [0.15, 0.2) is 11.5 Å². The Bertz CT molecular complexity index is 849. The van der Waals surface area contributed by atoms with Crippen molar-refractivity contribution in [3.63, 3.8) is 0 Å². The average molecular weight is 535 g/mol. The van der Waals surface area contributed by atoms with Crippen LogP contribution in [0.3, 0.4) is 0 Å². The van der Waals surface area contributed by atoms with Crippen LogP contribution in [-0.4, -0.2) is 66.0 Å². The molecule has 1 N–H and O–H groups in total. The highest BCUT2D eigenvalue weighted by Crippen LogP contribution is 2.43. The normalized spacial score (nSPS) is 18.3. The first-order chi connectivity index (χ1) is 13.9. The van der Waals surface area contributed by atoms with Gasteiger partial charge in [0.25, 0.3) is 0 Å². The van der Waals surface area contributed by atoms with E-state index in [0.717, 1.165) is 54.2 Å². The van der Waals surface area contributed by atoms with E-state index in [4.69, 9.17) is 9.47 Å². The van der Waals surface area contributed by atoms with Gasteiger partial charge in [0, 0.05) is 55.4 Å². The summed E-state index contributed by atoms with van der Waals surface area (Å²) in [6.07, 6.45) is 2.12. The van der Waals surface area contributed by atoms with Crippen molar-refractivity contribution < 1.29 is 14.6 Å². The second-order valence-electron chi connectivity index (χ2n) is 8.37. The van der Waals surface area contributed by atoms with E-state index in [9.17, 15) is 5.11 Å². The molecule has 1 aromatic heterocycles. The minimum atomic E-state index is -0.555. The molecule has 1 atom stereocenters. The highest BCUT2D eigenvalue weighted by atomic mass is 79.9. The number of halogens is 3. The predicted octanol–water partition coefficient (Wildman–Crippen LogP) is 3.96. The second kappa shape index (κ2) is 11.1. The van der Waals surface area contributed by atoms with Crippen LogP contribution >= 0.6 is 40.7 Å². The Morgan fingerprint density at radius 1 is 1.19 bits per heavy atom. The third-order valence-corrected chi connectivity index (χ3v) is 5.79. The Kier molecular flexibility index (Phi) is 9.27. The molecule has 1 aromatic carbocycles. The number of fused-ring (bicyclic) bond motifs is 1. The molecule has 1 unspecified atom stereocenters. The first-order valence-electron chi connectivity index (χ1n) is 10.1. The maximum atomic E-state index is 10.5. The molecule has 0 spiro atoms. The van der Waals surface area contributed by atoms with E-state index in [2.05, 4.69) is 50.6 Å². The van der Waals surface area contributed by atoms with Crippen molar-refractivity contribution in [2.45, 2.75) is 32.0 Å². The molecular formula is C22H30BrCl2N3O3. The van der Waals surface area contributed by atoms with Crippen molar-refractivity contribution in [3.8, 4) is 11.5 Å². The van der Waals surface area contributed by atoms with Gasteiger partial charge in [-0.05, 0) is 38.1 Å². The van der Waals surface area contributed by atoms with Gasteiger partial charge < -0.3 is 19.5 Å². The van der Waals surface area contributed by atoms with Crippen LogP contribution in [-0.2, 0) is 6.42 Å². The number of piperazine rings is 1. The molecule has 0 saturated carbocycles. The van der Waals surface area contributed by atoms with Crippen molar-refractivity contribution in [1.29, 1.82) is 0 Å². The monoisotopic (exact) mass is 533 g/mol. The number of ether oxygens (including phenoxy) is 2. The zero-order valence-electron chi connectivity index (χ0n) is 17.8. The summed E-state index contributed by atoms with van der Waals surface area (Å²) >= 11 is 3.55. The molecule has 1 fully saturated rings. The zero-order chi connectivity index (χ0) is 20.4. The van der Waals surface area contributed by atoms with Crippen LogP contribution in [0.2, 0.25) is 0 Å². The third kappa shape index (κ3) is 6.62. The Morgan fingerprint density at radius 2 is 1.94 bits per heavy atom. The molecule has 172 valence electrons. The van der Waals surface area contributed by atoms with Crippen LogP contribution < -0.4 is 14.4 Å². The Labute approximate surface area is 204 Å². The van der Waals surface area contributed by atoms with Crippen molar-refractivity contribution in [3.05, 3.63) is 46.6 Å². The molecule has 6 nitrogen and oxygen atoms in total. The standard InChI is InChI=1S/C22H28BrN3O3.2ClH/c1-22(2)13-16-11-17(23)12-19(21(16)29-22)28-15-18(27)14-25-7-9-26(10-8-25)20-5-3-4-6-24-20;;/h3-6,11-12,18,27H,7-10,13-15H2,1-2H3;2*1H.